The first kappa shape index (κ1) is 14.5. The average Bonchev–Trinajstić information content (AvgIpc) is 2.55. The number of hydrogen-bond acceptors (Lipinski definition) is 3. The van der Waals surface area contributed by atoms with Gasteiger partial charge in [0, 0.05) is 25.2 Å². The molecule has 1 aromatic carbocycles. The number of fused-ring (bicyclic) bond motifs is 1. The normalized spacial score (nSPS) is 19.0. The van der Waals surface area contributed by atoms with Crippen LogP contribution < -0.4 is 10.6 Å². The van der Waals surface area contributed by atoms with E-state index in [1.54, 1.807) is 0 Å². The quantitative estimate of drug-likeness (QED) is 0.883. The Labute approximate surface area is 126 Å². The third-order valence-electron chi connectivity index (χ3n) is 4.52. The Morgan fingerprint density at radius 1 is 1.19 bits per heavy atom. The molecule has 0 radical (unpaired) electrons. The lowest BCUT2D eigenvalue weighted by Gasteiger charge is -2.26. The van der Waals surface area contributed by atoms with Crippen LogP contribution in [0.4, 0.5) is 0 Å². The molecular weight excluding hydrogens is 262 g/mol. The van der Waals surface area contributed by atoms with Crippen LogP contribution in [0.1, 0.15) is 40.7 Å². The molecule has 114 valence electrons. The third-order valence-corrected chi connectivity index (χ3v) is 4.52. The summed E-state index contributed by atoms with van der Waals surface area (Å²) < 4.78 is 0. The largest absolute Gasteiger partial charge is 0.351 e. The van der Waals surface area contributed by atoms with Crippen molar-refractivity contribution in [3.63, 3.8) is 0 Å². The Kier molecular flexibility index (Phi) is 4.88. The van der Waals surface area contributed by atoms with Gasteiger partial charge >= 0.3 is 0 Å². The highest BCUT2D eigenvalue weighted by Gasteiger charge is 2.13. The molecule has 0 saturated carbocycles. The molecule has 0 unspecified atom stereocenters. The van der Waals surface area contributed by atoms with Gasteiger partial charge in [-0.2, -0.15) is 0 Å². The molecule has 4 heteroatoms. The van der Waals surface area contributed by atoms with Crippen LogP contribution in [-0.2, 0) is 13.0 Å². The van der Waals surface area contributed by atoms with Crippen molar-refractivity contribution in [3.05, 3.63) is 34.9 Å². The number of carbonyl (C=O) groups excluding carboxylic acids is 1. The number of benzene rings is 1. The van der Waals surface area contributed by atoms with Crippen molar-refractivity contribution in [2.75, 3.05) is 32.7 Å². The summed E-state index contributed by atoms with van der Waals surface area (Å²) in [6.45, 7) is 5.99. The molecule has 1 amide bonds. The summed E-state index contributed by atoms with van der Waals surface area (Å²) >= 11 is 0. The number of carbonyl (C=O) groups is 1. The molecule has 0 atom stereocenters. The van der Waals surface area contributed by atoms with Crippen LogP contribution >= 0.6 is 0 Å². The van der Waals surface area contributed by atoms with E-state index in [1.165, 1.54) is 43.5 Å². The fourth-order valence-electron chi connectivity index (χ4n) is 3.23. The van der Waals surface area contributed by atoms with Gasteiger partial charge in [0.15, 0.2) is 0 Å². The van der Waals surface area contributed by atoms with Gasteiger partial charge < -0.3 is 15.5 Å². The van der Waals surface area contributed by atoms with Crippen molar-refractivity contribution in [1.29, 1.82) is 0 Å². The van der Waals surface area contributed by atoms with Crippen molar-refractivity contribution in [2.45, 2.75) is 32.2 Å². The van der Waals surface area contributed by atoms with E-state index in [-0.39, 0.29) is 5.91 Å². The zero-order valence-corrected chi connectivity index (χ0v) is 12.7. The molecular formula is C17H25N3O. The van der Waals surface area contributed by atoms with Crippen LogP contribution in [0.3, 0.4) is 0 Å². The highest BCUT2D eigenvalue weighted by Crippen LogP contribution is 2.15. The van der Waals surface area contributed by atoms with Crippen molar-refractivity contribution >= 4 is 5.91 Å². The predicted molar refractivity (Wildman–Crippen MR) is 84.5 cm³/mol. The second kappa shape index (κ2) is 7.05. The molecule has 1 fully saturated rings. The maximum Gasteiger partial charge on any atom is 0.251 e. The second-order valence-electron chi connectivity index (χ2n) is 6.07. The molecule has 2 N–H and O–H groups in total. The lowest BCUT2D eigenvalue weighted by atomic mass is 9.98. The van der Waals surface area contributed by atoms with Gasteiger partial charge in [-0.05, 0) is 62.2 Å². The summed E-state index contributed by atoms with van der Waals surface area (Å²) in [6.07, 6.45) is 5.01. The molecule has 0 aliphatic carbocycles. The van der Waals surface area contributed by atoms with Crippen molar-refractivity contribution in [1.82, 2.24) is 15.5 Å². The van der Waals surface area contributed by atoms with Crippen LogP contribution in [0.2, 0.25) is 0 Å². The van der Waals surface area contributed by atoms with Crippen LogP contribution in [-0.4, -0.2) is 43.5 Å². The van der Waals surface area contributed by atoms with Gasteiger partial charge in [0.05, 0.1) is 0 Å². The topological polar surface area (TPSA) is 44.4 Å². The minimum Gasteiger partial charge on any atom is -0.351 e. The average molecular weight is 287 g/mol. The lowest BCUT2D eigenvalue weighted by molar-refractivity contribution is 0.0946. The molecule has 0 spiro atoms. The van der Waals surface area contributed by atoms with Crippen LogP contribution in [0, 0.1) is 0 Å². The maximum absolute atomic E-state index is 12.2. The molecule has 3 rings (SSSR count). The van der Waals surface area contributed by atoms with E-state index in [9.17, 15) is 4.79 Å². The van der Waals surface area contributed by atoms with Gasteiger partial charge in [-0.25, -0.2) is 0 Å². The fourth-order valence-corrected chi connectivity index (χ4v) is 3.23. The molecule has 2 aliphatic rings. The number of hydrogen-bond donors (Lipinski definition) is 2. The van der Waals surface area contributed by atoms with Gasteiger partial charge in [-0.3, -0.25) is 4.79 Å². The Bertz CT molecular complexity index is 495. The number of piperidine rings is 1. The zero-order chi connectivity index (χ0) is 14.5. The van der Waals surface area contributed by atoms with Gasteiger partial charge in [0.1, 0.15) is 0 Å². The van der Waals surface area contributed by atoms with Crippen molar-refractivity contribution < 1.29 is 4.79 Å². The molecule has 21 heavy (non-hydrogen) atoms. The SMILES string of the molecule is O=C(NCCN1CCCCC1)c1ccc2c(c1)CNCC2. The van der Waals surface area contributed by atoms with Crippen LogP contribution in [0.25, 0.3) is 0 Å². The van der Waals surface area contributed by atoms with E-state index >= 15 is 0 Å². The highest BCUT2D eigenvalue weighted by molar-refractivity contribution is 5.94. The Hall–Kier alpha value is -1.39. The van der Waals surface area contributed by atoms with E-state index in [2.05, 4.69) is 21.6 Å². The van der Waals surface area contributed by atoms with Crippen molar-refractivity contribution in [3.8, 4) is 0 Å². The first-order valence-corrected chi connectivity index (χ1v) is 8.16. The molecule has 1 saturated heterocycles. The number of rotatable bonds is 4. The number of nitrogens with one attached hydrogen (secondary N) is 2. The lowest BCUT2D eigenvalue weighted by Crippen LogP contribution is -2.37. The Morgan fingerprint density at radius 2 is 2.05 bits per heavy atom. The van der Waals surface area contributed by atoms with E-state index < -0.39 is 0 Å². The Balaban J connectivity index is 1.50. The molecule has 2 aliphatic heterocycles. The number of nitrogens with zero attached hydrogens (tertiary/aromatic N) is 1. The number of amides is 1. The molecule has 1 aromatic rings. The zero-order valence-electron chi connectivity index (χ0n) is 12.7. The maximum atomic E-state index is 12.2. The monoisotopic (exact) mass is 287 g/mol. The molecule has 2 heterocycles. The Morgan fingerprint density at radius 3 is 2.90 bits per heavy atom. The molecule has 4 nitrogen and oxygen atoms in total. The summed E-state index contributed by atoms with van der Waals surface area (Å²) in [6, 6.07) is 6.10. The van der Waals surface area contributed by atoms with Crippen molar-refractivity contribution in [2.24, 2.45) is 0 Å². The summed E-state index contributed by atoms with van der Waals surface area (Å²) in [5.41, 5.74) is 3.43. The molecule has 0 aromatic heterocycles. The second-order valence-corrected chi connectivity index (χ2v) is 6.07. The summed E-state index contributed by atoms with van der Waals surface area (Å²) in [5, 5.41) is 6.41. The van der Waals surface area contributed by atoms with Gasteiger partial charge in [-0.1, -0.05) is 12.5 Å². The van der Waals surface area contributed by atoms with E-state index in [4.69, 9.17) is 0 Å². The van der Waals surface area contributed by atoms with E-state index in [0.29, 0.717) is 0 Å². The number of likely N-dealkylation sites (tertiary alicyclic amines) is 1. The van der Waals surface area contributed by atoms with Gasteiger partial charge in [0.2, 0.25) is 0 Å². The first-order valence-electron chi connectivity index (χ1n) is 8.16. The molecule has 0 bridgehead atoms. The predicted octanol–water partition coefficient (Wildman–Crippen LogP) is 1.55. The minimum absolute atomic E-state index is 0.0559. The highest BCUT2D eigenvalue weighted by atomic mass is 16.1. The van der Waals surface area contributed by atoms with E-state index in [0.717, 1.165) is 38.2 Å². The van der Waals surface area contributed by atoms with Gasteiger partial charge in [-0.15, -0.1) is 0 Å². The minimum atomic E-state index is 0.0559. The fraction of sp³-hybridized carbons (Fsp3) is 0.588. The first-order chi connectivity index (χ1) is 10.3. The summed E-state index contributed by atoms with van der Waals surface area (Å²) in [5.74, 6) is 0.0559. The summed E-state index contributed by atoms with van der Waals surface area (Å²) in [7, 11) is 0. The smallest absolute Gasteiger partial charge is 0.251 e. The third kappa shape index (κ3) is 3.83. The standard InChI is InChI=1S/C17H25N3O/c21-17(19-8-11-20-9-2-1-3-10-20)15-5-4-14-6-7-18-13-16(14)12-15/h4-5,12,18H,1-3,6-11,13H2,(H,19,21). The van der Waals surface area contributed by atoms with E-state index in [1.807, 2.05) is 12.1 Å². The summed E-state index contributed by atoms with van der Waals surface area (Å²) in [4.78, 5) is 14.7. The van der Waals surface area contributed by atoms with Crippen LogP contribution in [0.5, 0.6) is 0 Å². The van der Waals surface area contributed by atoms with Gasteiger partial charge in [0.25, 0.3) is 5.91 Å². The van der Waals surface area contributed by atoms with Crippen LogP contribution in [0.15, 0.2) is 18.2 Å².